The van der Waals surface area contributed by atoms with Gasteiger partial charge in [0, 0.05) is 5.92 Å². The van der Waals surface area contributed by atoms with Gasteiger partial charge in [0.05, 0.1) is 0 Å². The number of benzene rings is 3. The van der Waals surface area contributed by atoms with E-state index < -0.39 is 0 Å². The van der Waals surface area contributed by atoms with Crippen LogP contribution in [0.1, 0.15) is 29.0 Å². The minimum absolute atomic E-state index is 0.474. The quantitative estimate of drug-likeness (QED) is 0.547. The third kappa shape index (κ3) is 1.77. The molecule has 0 fully saturated rings. The second-order valence-electron chi connectivity index (χ2n) is 5.39. The molecule has 0 radical (unpaired) electrons. The maximum Gasteiger partial charge on any atom is 0.0136 e. The smallest absolute Gasteiger partial charge is 0.0136 e. The first-order valence-electron chi connectivity index (χ1n) is 7.16. The van der Waals surface area contributed by atoms with Gasteiger partial charge < -0.3 is 0 Å². The van der Waals surface area contributed by atoms with E-state index >= 15 is 0 Å². The van der Waals surface area contributed by atoms with Gasteiger partial charge in [-0.3, -0.25) is 0 Å². The van der Waals surface area contributed by atoms with Crippen molar-refractivity contribution in [2.75, 3.05) is 0 Å². The minimum atomic E-state index is 0.474. The molecule has 0 nitrogen and oxygen atoms in total. The summed E-state index contributed by atoms with van der Waals surface area (Å²) in [5.41, 5.74) is 4.26. The van der Waals surface area contributed by atoms with Crippen molar-refractivity contribution in [2.45, 2.75) is 12.3 Å². The van der Waals surface area contributed by atoms with Gasteiger partial charge in [-0.2, -0.15) is 0 Å². The molecule has 0 heterocycles. The Morgan fingerprint density at radius 1 is 0.750 bits per heavy atom. The second-order valence-corrected chi connectivity index (χ2v) is 5.39. The van der Waals surface area contributed by atoms with Crippen molar-refractivity contribution in [2.24, 2.45) is 0 Å². The van der Waals surface area contributed by atoms with Crippen LogP contribution >= 0.6 is 0 Å². The number of fused-ring (bicyclic) bond motifs is 3. The van der Waals surface area contributed by atoms with Crippen molar-refractivity contribution in [1.29, 1.82) is 0 Å². The highest BCUT2D eigenvalue weighted by Gasteiger charge is 2.20. The van der Waals surface area contributed by atoms with Crippen LogP contribution in [0.5, 0.6) is 0 Å². The van der Waals surface area contributed by atoms with Crippen LogP contribution in [0, 0.1) is 0 Å². The molecule has 0 saturated heterocycles. The average Bonchev–Trinajstić information content (AvgIpc) is 2.55. The first-order valence-corrected chi connectivity index (χ1v) is 7.16. The maximum absolute atomic E-state index is 2.30. The first-order chi connectivity index (χ1) is 9.93. The lowest BCUT2D eigenvalue weighted by Gasteiger charge is -2.24. The molecular weight excluding hydrogens is 240 g/mol. The van der Waals surface area contributed by atoms with Gasteiger partial charge in [-0.1, -0.05) is 78.9 Å². The van der Waals surface area contributed by atoms with Crippen molar-refractivity contribution >= 4 is 16.8 Å². The molecule has 0 aromatic heterocycles. The number of hydrogen-bond acceptors (Lipinski definition) is 0. The summed E-state index contributed by atoms with van der Waals surface area (Å²) in [6, 6.07) is 24.1. The fourth-order valence-electron chi connectivity index (χ4n) is 3.28. The van der Waals surface area contributed by atoms with Gasteiger partial charge in [-0.05, 0) is 33.9 Å². The Morgan fingerprint density at radius 2 is 1.55 bits per heavy atom. The van der Waals surface area contributed by atoms with Gasteiger partial charge in [0.2, 0.25) is 0 Å². The second kappa shape index (κ2) is 4.64. The summed E-state index contributed by atoms with van der Waals surface area (Å²) in [5.74, 6) is 0.474. The summed E-state index contributed by atoms with van der Waals surface area (Å²) in [5, 5.41) is 2.73. The van der Waals surface area contributed by atoms with E-state index in [9.17, 15) is 0 Å². The van der Waals surface area contributed by atoms with Crippen molar-refractivity contribution in [1.82, 2.24) is 0 Å². The lowest BCUT2D eigenvalue weighted by molar-refractivity contribution is 0.827. The number of rotatable bonds is 1. The van der Waals surface area contributed by atoms with Crippen LogP contribution in [0.25, 0.3) is 16.8 Å². The molecule has 4 rings (SSSR count). The molecule has 1 aliphatic carbocycles. The summed E-state index contributed by atoms with van der Waals surface area (Å²) in [6.45, 7) is 0. The van der Waals surface area contributed by atoms with E-state index in [1.165, 1.54) is 27.5 Å². The Labute approximate surface area is 119 Å². The van der Waals surface area contributed by atoms with Gasteiger partial charge in [0.25, 0.3) is 0 Å². The standard InChI is InChI=1S/C20H16/c1-2-7-15(8-3-1)19-12-6-10-17-14-13-16-9-4-5-11-18(16)20(17)19/h1-11,13-14,19H,12H2. The summed E-state index contributed by atoms with van der Waals surface area (Å²) < 4.78 is 0. The van der Waals surface area contributed by atoms with Gasteiger partial charge >= 0.3 is 0 Å². The molecule has 0 heteroatoms. The molecule has 3 aromatic carbocycles. The molecule has 3 aromatic rings. The van der Waals surface area contributed by atoms with Crippen molar-refractivity contribution < 1.29 is 0 Å². The van der Waals surface area contributed by atoms with Crippen molar-refractivity contribution in [3.8, 4) is 0 Å². The molecule has 0 bridgehead atoms. The third-order valence-electron chi connectivity index (χ3n) is 4.22. The van der Waals surface area contributed by atoms with Crippen LogP contribution < -0.4 is 0 Å². The highest BCUT2D eigenvalue weighted by Crippen LogP contribution is 2.39. The van der Waals surface area contributed by atoms with E-state index in [1.807, 2.05) is 0 Å². The lowest BCUT2D eigenvalue weighted by atomic mass is 9.80. The number of hydrogen-bond donors (Lipinski definition) is 0. The van der Waals surface area contributed by atoms with Crippen LogP contribution in [0.15, 0.2) is 72.8 Å². The predicted octanol–water partition coefficient (Wildman–Crippen LogP) is 5.39. The van der Waals surface area contributed by atoms with Gasteiger partial charge in [0.1, 0.15) is 0 Å². The average molecular weight is 256 g/mol. The molecule has 1 unspecified atom stereocenters. The first kappa shape index (κ1) is 11.5. The Hall–Kier alpha value is -2.34. The van der Waals surface area contributed by atoms with Crippen LogP contribution in [-0.4, -0.2) is 0 Å². The van der Waals surface area contributed by atoms with E-state index in [1.54, 1.807) is 0 Å². The van der Waals surface area contributed by atoms with Crippen molar-refractivity contribution in [3.63, 3.8) is 0 Å². The molecule has 96 valence electrons. The minimum Gasteiger partial charge on any atom is -0.0830 e. The topological polar surface area (TPSA) is 0 Å². The molecule has 0 saturated carbocycles. The summed E-state index contributed by atoms with van der Waals surface area (Å²) >= 11 is 0. The zero-order valence-corrected chi connectivity index (χ0v) is 11.3. The van der Waals surface area contributed by atoms with E-state index in [2.05, 4.69) is 78.9 Å². The lowest BCUT2D eigenvalue weighted by Crippen LogP contribution is -2.06. The normalized spacial score (nSPS) is 17.1. The molecule has 0 amide bonds. The Kier molecular flexibility index (Phi) is 2.67. The number of allylic oxidation sites excluding steroid dienone is 1. The largest absolute Gasteiger partial charge is 0.0830 e. The van der Waals surface area contributed by atoms with Crippen LogP contribution in [0.2, 0.25) is 0 Å². The molecule has 1 aliphatic rings. The van der Waals surface area contributed by atoms with Gasteiger partial charge in [0.15, 0.2) is 0 Å². The molecule has 0 aliphatic heterocycles. The van der Waals surface area contributed by atoms with Crippen molar-refractivity contribution in [3.05, 3.63) is 89.5 Å². The van der Waals surface area contributed by atoms with Crippen LogP contribution in [-0.2, 0) is 0 Å². The summed E-state index contributed by atoms with van der Waals surface area (Å²) in [7, 11) is 0. The SMILES string of the molecule is C1=Cc2ccc3ccccc3c2C(c2ccccc2)C1. The fraction of sp³-hybridized carbons (Fsp3) is 0.100. The molecule has 20 heavy (non-hydrogen) atoms. The van der Waals surface area contributed by atoms with Crippen LogP contribution in [0.4, 0.5) is 0 Å². The van der Waals surface area contributed by atoms with Gasteiger partial charge in [-0.15, -0.1) is 0 Å². The Morgan fingerprint density at radius 3 is 2.45 bits per heavy atom. The molecular formula is C20H16. The van der Waals surface area contributed by atoms with E-state index in [0.717, 1.165) is 6.42 Å². The highest BCUT2D eigenvalue weighted by atomic mass is 14.2. The Bertz CT molecular complexity index is 782. The molecule has 1 atom stereocenters. The summed E-state index contributed by atoms with van der Waals surface area (Å²) in [6.07, 6.45) is 5.65. The fourth-order valence-corrected chi connectivity index (χ4v) is 3.28. The monoisotopic (exact) mass is 256 g/mol. The maximum atomic E-state index is 2.30. The predicted molar refractivity (Wildman–Crippen MR) is 85.9 cm³/mol. The van der Waals surface area contributed by atoms with E-state index in [0.29, 0.717) is 5.92 Å². The Balaban J connectivity index is 2.00. The molecule has 0 spiro atoms. The molecule has 0 N–H and O–H groups in total. The highest BCUT2D eigenvalue weighted by molar-refractivity contribution is 5.90. The van der Waals surface area contributed by atoms with E-state index in [-0.39, 0.29) is 0 Å². The zero-order valence-electron chi connectivity index (χ0n) is 11.3. The van der Waals surface area contributed by atoms with E-state index in [4.69, 9.17) is 0 Å². The summed E-state index contributed by atoms with van der Waals surface area (Å²) in [4.78, 5) is 0. The zero-order chi connectivity index (χ0) is 13.4. The van der Waals surface area contributed by atoms with Crippen LogP contribution in [0.3, 0.4) is 0 Å². The third-order valence-corrected chi connectivity index (χ3v) is 4.22. The van der Waals surface area contributed by atoms with Gasteiger partial charge in [-0.25, -0.2) is 0 Å².